The minimum Gasteiger partial charge on any atom is -0.324 e. The fourth-order valence-electron chi connectivity index (χ4n) is 3.36. The molecule has 0 bridgehead atoms. The molecule has 0 amide bonds. The van der Waals surface area contributed by atoms with Gasteiger partial charge in [-0.3, -0.25) is 4.79 Å². The molecule has 7 nitrogen and oxygen atoms in total. The standard InChI is InChI=1S/C23H26N6O.C2H6/c1-15(2)28-21(30)17-14-24-22(25-16-10-7-6-8-11-16)27-20(17)29(28)19-13-9-12-18(26-19)23(3,4)5;1-2/h6-15H,1-5H3,(H,24,25,27);1-2H3. The molecule has 0 atom stereocenters. The zero-order chi connectivity index (χ0) is 23.5. The van der Waals surface area contributed by atoms with E-state index in [1.807, 2.05) is 76.2 Å². The third-order valence-corrected chi connectivity index (χ3v) is 4.86. The Kier molecular flexibility index (Phi) is 6.77. The van der Waals surface area contributed by atoms with E-state index >= 15 is 0 Å². The van der Waals surface area contributed by atoms with Gasteiger partial charge in [-0.1, -0.05) is 58.9 Å². The van der Waals surface area contributed by atoms with E-state index in [1.165, 1.54) is 0 Å². The van der Waals surface area contributed by atoms with Crippen LogP contribution in [0.15, 0.2) is 59.5 Å². The Hall–Kier alpha value is -3.48. The van der Waals surface area contributed by atoms with Crippen LogP contribution < -0.4 is 10.9 Å². The third kappa shape index (κ3) is 4.56. The molecule has 0 aliphatic heterocycles. The number of anilines is 2. The largest absolute Gasteiger partial charge is 0.324 e. The van der Waals surface area contributed by atoms with Gasteiger partial charge in [0.1, 0.15) is 5.39 Å². The first-order valence-corrected chi connectivity index (χ1v) is 11.1. The number of hydrogen-bond donors (Lipinski definition) is 1. The van der Waals surface area contributed by atoms with Crippen LogP contribution in [0.3, 0.4) is 0 Å². The highest BCUT2D eigenvalue weighted by molar-refractivity contribution is 5.77. The molecule has 0 aliphatic rings. The van der Waals surface area contributed by atoms with Crippen molar-refractivity contribution >= 4 is 22.7 Å². The normalized spacial score (nSPS) is 11.4. The fourth-order valence-corrected chi connectivity index (χ4v) is 3.36. The Balaban J connectivity index is 0.00000141. The molecule has 1 aromatic carbocycles. The van der Waals surface area contributed by atoms with Crippen molar-refractivity contribution in [3.05, 3.63) is 70.8 Å². The molecule has 0 saturated carbocycles. The highest BCUT2D eigenvalue weighted by Crippen LogP contribution is 2.24. The molecule has 0 radical (unpaired) electrons. The van der Waals surface area contributed by atoms with E-state index in [-0.39, 0.29) is 17.0 Å². The zero-order valence-electron chi connectivity index (χ0n) is 19.9. The van der Waals surface area contributed by atoms with Crippen molar-refractivity contribution in [1.82, 2.24) is 24.3 Å². The molecule has 7 heteroatoms. The Bertz CT molecular complexity index is 1250. The number of pyridine rings is 1. The minimum atomic E-state index is -0.130. The lowest BCUT2D eigenvalue weighted by atomic mass is 9.92. The fraction of sp³-hybridized carbons (Fsp3) is 0.360. The van der Waals surface area contributed by atoms with Gasteiger partial charge in [-0.25, -0.2) is 19.3 Å². The number of aromatic nitrogens is 5. The second-order valence-corrected chi connectivity index (χ2v) is 8.61. The van der Waals surface area contributed by atoms with Crippen LogP contribution in [0, 0.1) is 0 Å². The lowest BCUT2D eigenvalue weighted by Gasteiger charge is -2.20. The van der Waals surface area contributed by atoms with Gasteiger partial charge in [-0.2, -0.15) is 4.98 Å². The van der Waals surface area contributed by atoms with Crippen molar-refractivity contribution in [1.29, 1.82) is 0 Å². The number of hydrogen-bond acceptors (Lipinski definition) is 5. The Labute approximate surface area is 189 Å². The van der Waals surface area contributed by atoms with Crippen LogP contribution in [-0.4, -0.2) is 24.3 Å². The second-order valence-electron chi connectivity index (χ2n) is 8.61. The molecule has 3 heterocycles. The molecule has 0 aliphatic carbocycles. The van der Waals surface area contributed by atoms with Gasteiger partial charge < -0.3 is 5.32 Å². The minimum absolute atomic E-state index is 0.0719. The van der Waals surface area contributed by atoms with Crippen molar-refractivity contribution in [3.63, 3.8) is 0 Å². The van der Waals surface area contributed by atoms with Crippen LogP contribution in [0.1, 0.15) is 60.2 Å². The van der Waals surface area contributed by atoms with E-state index in [0.29, 0.717) is 22.8 Å². The summed E-state index contributed by atoms with van der Waals surface area (Å²) in [6.45, 7) is 14.3. The molecule has 0 unspecified atom stereocenters. The summed E-state index contributed by atoms with van der Waals surface area (Å²) in [6.07, 6.45) is 1.58. The van der Waals surface area contributed by atoms with Crippen molar-refractivity contribution in [2.75, 3.05) is 5.32 Å². The predicted octanol–water partition coefficient (Wildman–Crippen LogP) is 5.63. The molecule has 0 saturated heterocycles. The molecule has 168 valence electrons. The van der Waals surface area contributed by atoms with Gasteiger partial charge in [-0.05, 0) is 38.1 Å². The second kappa shape index (κ2) is 9.34. The van der Waals surface area contributed by atoms with Gasteiger partial charge in [0.05, 0.1) is 0 Å². The maximum atomic E-state index is 13.1. The molecule has 4 rings (SSSR count). The van der Waals surface area contributed by atoms with E-state index < -0.39 is 0 Å². The van der Waals surface area contributed by atoms with Gasteiger partial charge >= 0.3 is 0 Å². The highest BCUT2D eigenvalue weighted by Gasteiger charge is 2.22. The van der Waals surface area contributed by atoms with Crippen molar-refractivity contribution in [2.45, 2.75) is 59.9 Å². The summed E-state index contributed by atoms with van der Waals surface area (Å²) >= 11 is 0. The molecular formula is C25H32N6O. The quantitative estimate of drug-likeness (QED) is 0.452. The molecular weight excluding hydrogens is 400 g/mol. The molecule has 32 heavy (non-hydrogen) atoms. The Morgan fingerprint density at radius 1 is 0.938 bits per heavy atom. The smallest absolute Gasteiger partial charge is 0.278 e. The predicted molar refractivity (Wildman–Crippen MR) is 131 cm³/mol. The monoisotopic (exact) mass is 432 g/mol. The van der Waals surface area contributed by atoms with E-state index in [0.717, 1.165) is 11.4 Å². The summed E-state index contributed by atoms with van der Waals surface area (Å²) in [6, 6.07) is 15.5. The zero-order valence-corrected chi connectivity index (χ0v) is 19.9. The maximum Gasteiger partial charge on any atom is 0.278 e. The number of para-hydroxylation sites is 1. The van der Waals surface area contributed by atoms with E-state index in [9.17, 15) is 4.79 Å². The van der Waals surface area contributed by atoms with Crippen molar-refractivity contribution in [3.8, 4) is 5.82 Å². The van der Waals surface area contributed by atoms with Crippen LogP contribution >= 0.6 is 0 Å². The highest BCUT2D eigenvalue weighted by atomic mass is 16.1. The van der Waals surface area contributed by atoms with Gasteiger partial charge in [0, 0.05) is 29.0 Å². The summed E-state index contributed by atoms with van der Waals surface area (Å²) in [5.41, 5.74) is 2.11. The number of rotatable bonds is 4. The van der Waals surface area contributed by atoms with Crippen molar-refractivity contribution < 1.29 is 0 Å². The van der Waals surface area contributed by atoms with Gasteiger partial charge in [0.15, 0.2) is 11.5 Å². The average molecular weight is 433 g/mol. The Morgan fingerprint density at radius 2 is 1.62 bits per heavy atom. The summed E-state index contributed by atoms with van der Waals surface area (Å²) in [5, 5.41) is 3.66. The maximum absolute atomic E-state index is 13.1. The lowest BCUT2D eigenvalue weighted by molar-refractivity contribution is 0.469. The number of benzene rings is 1. The van der Waals surface area contributed by atoms with E-state index in [1.54, 1.807) is 15.6 Å². The van der Waals surface area contributed by atoms with Crippen molar-refractivity contribution in [2.24, 2.45) is 0 Å². The summed E-state index contributed by atoms with van der Waals surface area (Å²) < 4.78 is 3.48. The average Bonchev–Trinajstić information content (AvgIpc) is 3.07. The molecule has 4 aromatic rings. The van der Waals surface area contributed by atoms with Crippen LogP contribution in [0.5, 0.6) is 0 Å². The first-order valence-electron chi connectivity index (χ1n) is 11.1. The summed E-state index contributed by atoms with van der Waals surface area (Å²) in [4.78, 5) is 27.0. The molecule has 1 N–H and O–H groups in total. The number of nitrogens with zero attached hydrogens (tertiary/aromatic N) is 5. The summed E-state index contributed by atoms with van der Waals surface area (Å²) in [7, 11) is 0. The van der Waals surface area contributed by atoms with Gasteiger partial charge in [0.2, 0.25) is 5.95 Å². The first-order chi connectivity index (χ1) is 15.3. The first kappa shape index (κ1) is 23.2. The van der Waals surface area contributed by atoms with Crippen LogP contribution in [0.4, 0.5) is 11.6 Å². The van der Waals surface area contributed by atoms with E-state index in [2.05, 4.69) is 36.1 Å². The van der Waals surface area contributed by atoms with Crippen LogP contribution in [0.2, 0.25) is 0 Å². The molecule has 0 spiro atoms. The van der Waals surface area contributed by atoms with Crippen LogP contribution in [-0.2, 0) is 5.41 Å². The van der Waals surface area contributed by atoms with Gasteiger partial charge in [-0.15, -0.1) is 0 Å². The third-order valence-electron chi connectivity index (χ3n) is 4.86. The Morgan fingerprint density at radius 3 is 2.25 bits per heavy atom. The van der Waals surface area contributed by atoms with Gasteiger partial charge in [0.25, 0.3) is 5.56 Å². The molecule has 3 aromatic heterocycles. The lowest BCUT2D eigenvalue weighted by Crippen LogP contribution is -2.25. The SMILES string of the molecule is CC.CC(C)n1c(=O)c2cnc(Nc3ccccc3)nc2n1-c1cccc(C(C)(C)C)n1. The number of fused-ring (bicyclic) bond motifs is 1. The molecule has 0 fully saturated rings. The number of nitrogens with one attached hydrogen (secondary N) is 1. The van der Waals surface area contributed by atoms with Crippen LogP contribution in [0.25, 0.3) is 16.9 Å². The topological polar surface area (TPSA) is 77.6 Å². The summed E-state index contributed by atoms with van der Waals surface area (Å²) in [5.74, 6) is 1.09. The van der Waals surface area contributed by atoms with E-state index in [4.69, 9.17) is 4.98 Å².